The summed E-state index contributed by atoms with van der Waals surface area (Å²) >= 11 is 0. The first-order chi connectivity index (χ1) is 9.11. The summed E-state index contributed by atoms with van der Waals surface area (Å²) in [7, 11) is 0. The normalized spacial score (nSPS) is 14.8. The lowest BCUT2D eigenvalue weighted by Crippen LogP contribution is -2.06. The zero-order chi connectivity index (χ0) is 13.6. The predicted octanol–water partition coefficient (Wildman–Crippen LogP) is 3.68. The minimum atomic E-state index is -0.847. The lowest BCUT2D eigenvalue weighted by molar-refractivity contribution is 0.0698. The molecular weight excluding hydrogens is 238 g/mol. The second kappa shape index (κ2) is 4.34. The van der Waals surface area contributed by atoms with Gasteiger partial charge in [0.05, 0.1) is 11.1 Å². The standard InChI is InChI=1S/C16H17NO2/c1-3-10-4-7-13-12(8-10)14(16(18)19)9(2)15(17-13)11-5-6-11/h4,7-8,11H,3,5-6H2,1-2H3,(H,18,19). The molecule has 0 saturated heterocycles. The van der Waals surface area contributed by atoms with Gasteiger partial charge in [-0.15, -0.1) is 0 Å². The van der Waals surface area contributed by atoms with Crippen molar-refractivity contribution < 1.29 is 9.90 Å². The number of benzene rings is 1. The zero-order valence-electron chi connectivity index (χ0n) is 11.2. The Hall–Kier alpha value is -1.90. The molecule has 1 aromatic carbocycles. The molecule has 3 heteroatoms. The molecule has 19 heavy (non-hydrogen) atoms. The van der Waals surface area contributed by atoms with E-state index in [0.717, 1.165) is 47.0 Å². The fraction of sp³-hybridized carbons (Fsp3) is 0.375. The van der Waals surface area contributed by atoms with Crippen LogP contribution in [0.15, 0.2) is 18.2 Å². The SMILES string of the molecule is CCc1ccc2nc(C3CC3)c(C)c(C(=O)O)c2c1. The first-order valence-electron chi connectivity index (χ1n) is 6.78. The number of carboxylic acids is 1. The Labute approximate surface area is 112 Å². The highest BCUT2D eigenvalue weighted by Gasteiger charge is 2.29. The molecule has 0 radical (unpaired) electrons. The molecule has 98 valence electrons. The number of fused-ring (bicyclic) bond motifs is 1. The average molecular weight is 255 g/mol. The largest absolute Gasteiger partial charge is 0.478 e. The molecule has 1 aliphatic carbocycles. The van der Waals surface area contributed by atoms with Crippen LogP contribution in [0.1, 0.15) is 52.9 Å². The zero-order valence-corrected chi connectivity index (χ0v) is 11.2. The summed E-state index contributed by atoms with van der Waals surface area (Å²) in [4.78, 5) is 16.3. The summed E-state index contributed by atoms with van der Waals surface area (Å²) in [6.45, 7) is 3.96. The van der Waals surface area contributed by atoms with Crippen LogP contribution in [0.3, 0.4) is 0 Å². The van der Waals surface area contributed by atoms with Crippen molar-refractivity contribution in [1.82, 2.24) is 4.98 Å². The van der Waals surface area contributed by atoms with Gasteiger partial charge in [-0.3, -0.25) is 4.98 Å². The summed E-state index contributed by atoms with van der Waals surface area (Å²) < 4.78 is 0. The van der Waals surface area contributed by atoms with Crippen LogP contribution >= 0.6 is 0 Å². The number of hydrogen-bond acceptors (Lipinski definition) is 2. The highest BCUT2D eigenvalue weighted by atomic mass is 16.4. The third-order valence-corrected chi connectivity index (χ3v) is 3.92. The number of rotatable bonds is 3. The average Bonchev–Trinajstić information content (AvgIpc) is 3.21. The van der Waals surface area contributed by atoms with E-state index in [-0.39, 0.29) is 0 Å². The predicted molar refractivity (Wildman–Crippen MR) is 74.8 cm³/mol. The Kier molecular flexibility index (Phi) is 2.77. The van der Waals surface area contributed by atoms with Gasteiger partial charge in [-0.05, 0) is 49.4 Å². The van der Waals surface area contributed by atoms with Crippen molar-refractivity contribution in [1.29, 1.82) is 0 Å². The van der Waals surface area contributed by atoms with Crippen molar-refractivity contribution in [3.8, 4) is 0 Å². The van der Waals surface area contributed by atoms with Crippen molar-refractivity contribution in [2.45, 2.75) is 39.0 Å². The second-order valence-electron chi connectivity index (χ2n) is 5.28. The quantitative estimate of drug-likeness (QED) is 0.910. The molecule has 2 aromatic rings. The maximum Gasteiger partial charge on any atom is 0.336 e. The van der Waals surface area contributed by atoms with E-state index >= 15 is 0 Å². The topological polar surface area (TPSA) is 50.2 Å². The van der Waals surface area contributed by atoms with Gasteiger partial charge in [0, 0.05) is 17.0 Å². The Morgan fingerprint density at radius 3 is 2.74 bits per heavy atom. The van der Waals surface area contributed by atoms with Crippen LogP contribution in [0.4, 0.5) is 0 Å². The smallest absolute Gasteiger partial charge is 0.336 e. The van der Waals surface area contributed by atoms with Gasteiger partial charge in [0.1, 0.15) is 0 Å². The van der Waals surface area contributed by atoms with Crippen LogP contribution in [0, 0.1) is 6.92 Å². The van der Waals surface area contributed by atoms with Crippen molar-refractivity contribution >= 4 is 16.9 Å². The molecule has 1 saturated carbocycles. The summed E-state index contributed by atoms with van der Waals surface area (Å²) in [6.07, 6.45) is 3.16. The first-order valence-corrected chi connectivity index (χ1v) is 6.78. The molecule has 3 nitrogen and oxygen atoms in total. The van der Waals surface area contributed by atoms with Crippen molar-refractivity contribution in [3.05, 3.63) is 40.6 Å². The van der Waals surface area contributed by atoms with Gasteiger partial charge in [-0.25, -0.2) is 4.79 Å². The van der Waals surface area contributed by atoms with Crippen LogP contribution in [-0.4, -0.2) is 16.1 Å². The molecule has 1 fully saturated rings. The van der Waals surface area contributed by atoms with Crippen LogP contribution in [0.5, 0.6) is 0 Å². The van der Waals surface area contributed by atoms with Crippen LogP contribution < -0.4 is 0 Å². The van der Waals surface area contributed by atoms with E-state index in [2.05, 4.69) is 6.92 Å². The molecule has 1 aromatic heterocycles. The maximum atomic E-state index is 11.6. The number of carbonyl (C=O) groups is 1. The Morgan fingerprint density at radius 2 is 2.16 bits per heavy atom. The number of aryl methyl sites for hydroxylation is 1. The van der Waals surface area contributed by atoms with E-state index in [9.17, 15) is 9.90 Å². The van der Waals surface area contributed by atoms with E-state index in [0.29, 0.717) is 11.5 Å². The lowest BCUT2D eigenvalue weighted by Gasteiger charge is -2.12. The van der Waals surface area contributed by atoms with Crippen molar-refractivity contribution in [3.63, 3.8) is 0 Å². The molecular formula is C16H17NO2. The third kappa shape index (κ3) is 1.99. The molecule has 1 aliphatic rings. The van der Waals surface area contributed by atoms with E-state index in [1.54, 1.807) is 0 Å². The van der Waals surface area contributed by atoms with Crippen LogP contribution in [0.2, 0.25) is 0 Å². The monoisotopic (exact) mass is 255 g/mol. The van der Waals surface area contributed by atoms with Gasteiger partial charge in [-0.2, -0.15) is 0 Å². The molecule has 0 unspecified atom stereocenters. The summed E-state index contributed by atoms with van der Waals surface area (Å²) in [5, 5.41) is 10.3. The van der Waals surface area contributed by atoms with E-state index < -0.39 is 5.97 Å². The number of aromatic nitrogens is 1. The van der Waals surface area contributed by atoms with Crippen LogP contribution in [0.25, 0.3) is 10.9 Å². The van der Waals surface area contributed by atoms with E-state index in [1.807, 2.05) is 25.1 Å². The fourth-order valence-electron chi connectivity index (χ4n) is 2.67. The van der Waals surface area contributed by atoms with Crippen molar-refractivity contribution in [2.75, 3.05) is 0 Å². The van der Waals surface area contributed by atoms with Gasteiger partial charge < -0.3 is 5.11 Å². The number of carboxylic acid groups (broad SMARTS) is 1. The van der Waals surface area contributed by atoms with Gasteiger partial charge in [0.25, 0.3) is 0 Å². The molecule has 0 aliphatic heterocycles. The van der Waals surface area contributed by atoms with Gasteiger partial charge in [0.15, 0.2) is 0 Å². The molecule has 0 spiro atoms. The fourth-order valence-corrected chi connectivity index (χ4v) is 2.67. The summed E-state index contributed by atoms with van der Waals surface area (Å²) in [5.41, 5.74) is 4.21. The minimum Gasteiger partial charge on any atom is -0.478 e. The highest BCUT2D eigenvalue weighted by molar-refractivity contribution is 6.04. The van der Waals surface area contributed by atoms with E-state index in [4.69, 9.17) is 4.98 Å². The molecule has 0 bridgehead atoms. The van der Waals surface area contributed by atoms with Gasteiger partial charge in [-0.1, -0.05) is 13.0 Å². The highest BCUT2D eigenvalue weighted by Crippen LogP contribution is 2.42. The Bertz CT molecular complexity index is 672. The first kappa shape index (κ1) is 12.2. The molecule has 3 rings (SSSR count). The van der Waals surface area contributed by atoms with Gasteiger partial charge in [0.2, 0.25) is 0 Å². The van der Waals surface area contributed by atoms with E-state index in [1.165, 1.54) is 0 Å². The Balaban J connectivity index is 2.34. The minimum absolute atomic E-state index is 0.433. The number of pyridine rings is 1. The van der Waals surface area contributed by atoms with Gasteiger partial charge >= 0.3 is 5.97 Å². The molecule has 0 atom stereocenters. The molecule has 1 heterocycles. The van der Waals surface area contributed by atoms with Crippen LogP contribution in [-0.2, 0) is 6.42 Å². The molecule has 0 amide bonds. The second-order valence-corrected chi connectivity index (χ2v) is 5.28. The summed E-state index contributed by atoms with van der Waals surface area (Å²) in [5.74, 6) is -0.381. The third-order valence-electron chi connectivity index (χ3n) is 3.92. The lowest BCUT2D eigenvalue weighted by atomic mass is 9.97. The summed E-state index contributed by atoms with van der Waals surface area (Å²) in [6, 6.07) is 5.95. The molecule has 1 N–H and O–H groups in total. The Morgan fingerprint density at radius 1 is 1.42 bits per heavy atom. The number of hydrogen-bond donors (Lipinski definition) is 1. The maximum absolute atomic E-state index is 11.6. The number of aromatic carboxylic acids is 1. The number of nitrogens with zero attached hydrogens (tertiary/aromatic N) is 1. The van der Waals surface area contributed by atoms with Crippen molar-refractivity contribution in [2.24, 2.45) is 0 Å².